The Morgan fingerprint density at radius 3 is 2.48 bits per heavy atom. The molecule has 5 rings (SSSR count). The van der Waals surface area contributed by atoms with Gasteiger partial charge in [-0.15, -0.1) is 0 Å². The minimum Gasteiger partial charge on any atom is -0.330 e. The number of fused-ring (bicyclic) bond motifs is 1. The fourth-order valence-corrected chi connectivity index (χ4v) is 3.61. The summed E-state index contributed by atoms with van der Waals surface area (Å²) in [4.78, 5) is 21.4. The molecule has 0 unspecified atom stereocenters. The number of nitrogens with zero attached hydrogens (tertiary/aromatic N) is 5. The van der Waals surface area contributed by atoms with Crippen molar-refractivity contribution in [2.45, 2.75) is 6.92 Å². The summed E-state index contributed by atoms with van der Waals surface area (Å²) in [6.45, 7) is 1.88. The summed E-state index contributed by atoms with van der Waals surface area (Å²) in [5.74, 6) is -0.518. The highest BCUT2D eigenvalue weighted by molar-refractivity contribution is 6.04. The summed E-state index contributed by atoms with van der Waals surface area (Å²) in [7, 11) is 1.88. The number of carbonyl (C=O) groups is 1. The first-order chi connectivity index (χ1) is 15.9. The number of benzene rings is 2. The second kappa shape index (κ2) is 7.94. The van der Waals surface area contributed by atoms with Gasteiger partial charge >= 0.3 is 0 Å². The molecule has 0 spiro atoms. The molecule has 0 saturated carbocycles. The molecule has 7 nitrogen and oxygen atoms in total. The first-order valence-corrected chi connectivity index (χ1v) is 10.1. The number of aryl methyl sites for hydroxylation is 1. The number of anilines is 1. The fraction of sp³-hybridized carbons (Fsp3) is 0.0833. The summed E-state index contributed by atoms with van der Waals surface area (Å²) in [6, 6.07) is 15.4. The maximum atomic E-state index is 13.9. The van der Waals surface area contributed by atoms with Crippen LogP contribution < -0.4 is 5.32 Å². The van der Waals surface area contributed by atoms with Gasteiger partial charge in [-0.25, -0.2) is 23.3 Å². The van der Waals surface area contributed by atoms with E-state index >= 15 is 0 Å². The molecule has 5 aromatic rings. The second-order valence-electron chi connectivity index (χ2n) is 7.50. The number of aromatic nitrogens is 5. The summed E-state index contributed by atoms with van der Waals surface area (Å²) < 4.78 is 30.7. The molecule has 1 amide bonds. The molecular weight excluding hydrogens is 426 g/mol. The molecule has 2 aromatic carbocycles. The molecule has 0 aliphatic rings. The molecular formula is C24H18F2N6O. The summed E-state index contributed by atoms with van der Waals surface area (Å²) in [5.41, 5.74) is 3.25. The lowest BCUT2D eigenvalue weighted by atomic mass is 10.1. The highest BCUT2D eigenvalue weighted by Crippen LogP contribution is 2.31. The number of hydrogen-bond acceptors (Lipinski definition) is 4. The third-order valence-corrected chi connectivity index (χ3v) is 5.36. The molecule has 0 fully saturated rings. The van der Waals surface area contributed by atoms with Gasteiger partial charge in [0.25, 0.3) is 5.91 Å². The molecule has 1 N–H and O–H groups in total. The molecule has 0 saturated heterocycles. The Morgan fingerprint density at radius 2 is 1.73 bits per heavy atom. The lowest BCUT2D eigenvalue weighted by Gasteiger charge is -2.07. The van der Waals surface area contributed by atoms with Crippen LogP contribution >= 0.6 is 0 Å². The Balaban J connectivity index is 1.52. The van der Waals surface area contributed by atoms with Crippen LogP contribution in [0.15, 0.2) is 66.9 Å². The van der Waals surface area contributed by atoms with Crippen LogP contribution in [0.4, 0.5) is 14.6 Å². The van der Waals surface area contributed by atoms with Gasteiger partial charge in [-0.1, -0.05) is 12.1 Å². The Morgan fingerprint density at radius 1 is 0.970 bits per heavy atom. The van der Waals surface area contributed by atoms with E-state index in [-0.39, 0.29) is 17.2 Å². The monoisotopic (exact) mass is 444 g/mol. The fourth-order valence-electron chi connectivity index (χ4n) is 3.61. The van der Waals surface area contributed by atoms with E-state index in [1.165, 1.54) is 34.8 Å². The largest absolute Gasteiger partial charge is 0.330 e. The lowest BCUT2D eigenvalue weighted by molar-refractivity contribution is 0.102. The van der Waals surface area contributed by atoms with Gasteiger partial charge in [0.15, 0.2) is 11.5 Å². The second-order valence-corrected chi connectivity index (χ2v) is 7.50. The zero-order valence-corrected chi connectivity index (χ0v) is 17.8. The van der Waals surface area contributed by atoms with Gasteiger partial charge in [-0.2, -0.15) is 5.10 Å². The van der Waals surface area contributed by atoms with Crippen molar-refractivity contribution in [3.05, 3.63) is 89.9 Å². The number of hydrogen-bond donors (Lipinski definition) is 1. The smallest absolute Gasteiger partial charge is 0.259 e. The molecule has 3 heterocycles. The van der Waals surface area contributed by atoms with Crippen molar-refractivity contribution >= 4 is 17.4 Å². The molecule has 3 aromatic heterocycles. The lowest BCUT2D eigenvalue weighted by Crippen LogP contribution is -2.13. The predicted molar refractivity (Wildman–Crippen MR) is 120 cm³/mol. The Hall–Kier alpha value is -4.40. The van der Waals surface area contributed by atoms with Crippen LogP contribution in [-0.4, -0.2) is 30.1 Å². The number of imidazole rings is 2. The van der Waals surface area contributed by atoms with Crippen molar-refractivity contribution in [2.75, 3.05) is 5.32 Å². The minimum absolute atomic E-state index is 0.0718. The van der Waals surface area contributed by atoms with Crippen molar-refractivity contribution in [3.63, 3.8) is 0 Å². The number of nitrogens with one attached hydrogen (secondary N) is 1. The zero-order valence-electron chi connectivity index (χ0n) is 17.8. The summed E-state index contributed by atoms with van der Waals surface area (Å²) in [6.07, 6.45) is 1.55. The number of amides is 1. The van der Waals surface area contributed by atoms with Crippen LogP contribution in [0, 0.1) is 18.6 Å². The van der Waals surface area contributed by atoms with E-state index in [2.05, 4.69) is 20.4 Å². The first-order valence-electron chi connectivity index (χ1n) is 10.1. The van der Waals surface area contributed by atoms with Gasteiger partial charge in [-0.05, 0) is 55.5 Å². The Kier molecular flexibility index (Phi) is 4.93. The predicted octanol–water partition coefficient (Wildman–Crippen LogP) is 4.64. The van der Waals surface area contributed by atoms with E-state index in [1.807, 2.05) is 18.5 Å². The maximum absolute atomic E-state index is 13.9. The topological polar surface area (TPSA) is 77.1 Å². The Labute approximate surface area is 187 Å². The van der Waals surface area contributed by atoms with E-state index in [1.54, 1.807) is 36.5 Å². The van der Waals surface area contributed by atoms with Crippen molar-refractivity contribution in [1.29, 1.82) is 0 Å². The third kappa shape index (κ3) is 3.73. The van der Waals surface area contributed by atoms with Crippen LogP contribution in [0.2, 0.25) is 0 Å². The molecule has 0 aliphatic heterocycles. The highest BCUT2D eigenvalue weighted by atomic mass is 19.1. The van der Waals surface area contributed by atoms with Crippen LogP contribution in [0.3, 0.4) is 0 Å². The van der Waals surface area contributed by atoms with E-state index in [4.69, 9.17) is 0 Å². The highest BCUT2D eigenvalue weighted by Gasteiger charge is 2.19. The third-order valence-electron chi connectivity index (χ3n) is 5.36. The average molecular weight is 444 g/mol. The Bertz CT molecular complexity index is 1500. The standard InChI is InChI=1S/C24H18F2N6O/c1-14-27-22(15-7-9-16(25)10-8-15)23(31(14)2)19-11-12-21-28-20(13-32(21)30-19)29-24(33)17-5-3-4-6-18(17)26/h3-13H,1-2H3,(H,29,33). The average Bonchev–Trinajstić information content (AvgIpc) is 3.33. The summed E-state index contributed by atoms with van der Waals surface area (Å²) in [5, 5.41) is 7.24. The van der Waals surface area contributed by atoms with Gasteiger partial charge in [0.2, 0.25) is 0 Å². The molecule has 33 heavy (non-hydrogen) atoms. The molecule has 9 heteroatoms. The van der Waals surface area contributed by atoms with E-state index < -0.39 is 11.7 Å². The van der Waals surface area contributed by atoms with Crippen LogP contribution in [0.25, 0.3) is 28.3 Å². The van der Waals surface area contributed by atoms with Crippen molar-refractivity contribution in [1.82, 2.24) is 24.1 Å². The minimum atomic E-state index is -0.612. The molecule has 0 atom stereocenters. The van der Waals surface area contributed by atoms with Gasteiger partial charge in [-0.3, -0.25) is 4.79 Å². The molecule has 0 radical (unpaired) electrons. The summed E-state index contributed by atoms with van der Waals surface area (Å²) >= 11 is 0. The van der Waals surface area contributed by atoms with Crippen molar-refractivity contribution in [2.24, 2.45) is 7.05 Å². The van der Waals surface area contributed by atoms with Crippen molar-refractivity contribution in [3.8, 4) is 22.6 Å². The van der Waals surface area contributed by atoms with Gasteiger partial charge in [0, 0.05) is 12.6 Å². The van der Waals surface area contributed by atoms with Crippen molar-refractivity contribution < 1.29 is 13.6 Å². The molecule has 0 bridgehead atoms. The van der Waals surface area contributed by atoms with E-state index in [0.29, 0.717) is 17.0 Å². The van der Waals surface area contributed by atoms with Gasteiger partial charge in [0.05, 0.1) is 23.1 Å². The van der Waals surface area contributed by atoms with Crippen LogP contribution in [0.5, 0.6) is 0 Å². The SMILES string of the molecule is Cc1nc(-c2ccc(F)cc2)c(-c2ccc3nc(NC(=O)c4ccccc4F)cn3n2)n1C. The number of rotatable bonds is 4. The number of carbonyl (C=O) groups excluding carboxylic acids is 1. The first kappa shape index (κ1) is 20.5. The van der Waals surface area contributed by atoms with Gasteiger partial charge < -0.3 is 9.88 Å². The van der Waals surface area contributed by atoms with Crippen LogP contribution in [0.1, 0.15) is 16.2 Å². The molecule has 0 aliphatic carbocycles. The normalized spacial score (nSPS) is 11.2. The van der Waals surface area contributed by atoms with E-state index in [9.17, 15) is 13.6 Å². The number of halogens is 2. The zero-order chi connectivity index (χ0) is 23.1. The quantitative estimate of drug-likeness (QED) is 0.438. The van der Waals surface area contributed by atoms with E-state index in [0.717, 1.165) is 17.1 Å². The van der Waals surface area contributed by atoms with Crippen LogP contribution in [-0.2, 0) is 7.05 Å². The van der Waals surface area contributed by atoms with Gasteiger partial charge in [0.1, 0.15) is 23.2 Å². The maximum Gasteiger partial charge on any atom is 0.259 e. The molecule has 164 valence electrons.